The summed E-state index contributed by atoms with van der Waals surface area (Å²) >= 11 is 0. The summed E-state index contributed by atoms with van der Waals surface area (Å²) in [5, 5.41) is 6.08. The molecule has 1 aromatic rings. The molecule has 1 aliphatic heterocycles. The highest BCUT2D eigenvalue weighted by Crippen LogP contribution is 2.55. The van der Waals surface area contributed by atoms with Crippen LogP contribution in [-0.2, 0) is 0 Å². The van der Waals surface area contributed by atoms with Gasteiger partial charge in [-0.15, -0.1) is 0 Å². The second-order valence-electron chi connectivity index (χ2n) is 4.63. The van der Waals surface area contributed by atoms with Crippen LogP contribution in [-0.4, -0.2) is 31.0 Å². The van der Waals surface area contributed by atoms with E-state index >= 15 is 0 Å². The van der Waals surface area contributed by atoms with Gasteiger partial charge in [-0.1, -0.05) is 17.4 Å². The fourth-order valence-electron chi connectivity index (χ4n) is 2.38. The highest BCUT2D eigenvalue weighted by molar-refractivity contribution is 5.61. The van der Waals surface area contributed by atoms with Gasteiger partial charge in [0.05, 0.1) is 7.11 Å². The second-order valence-corrected chi connectivity index (χ2v) is 4.63. The second kappa shape index (κ2) is 5.03. The third kappa shape index (κ3) is 2.08. The summed E-state index contributed by atoms with van der Waals surface area (Å²) in [5.41, 5.74) is -4.71. The van der Waals surface area contributed by atoms with Crippen LogP contribution in [0.4, 0.5) is 32.0 Å². The molecule has 1 atom stereocenters. The minimum absolute atomic E-state index is 0.156. The number of hydrogen-bond donors (Lipinski definition) is 0. The van der Waals surface area contributed by atoms with Crippen LogP contribution < -0.4 is 9.75 Å². The smallest absolute Gasteiger partial charge is 0.424 e. The van der Waals surface area contributed by atoms with E-state index < -0.39 is 29.6 Å². The van der Waals surface area contributed by atoms with Gasteiger partial charge in [-0.25, -0.2) is 5.01 Å². The third-order valence-electron chi connectivity index (χ3n) is 3.43. The summed E-state index contributed by atoms with van der Waals surface area (Å²) in [7, 11) is 1.14. The van der Waals surface area contributed by atoms with Crippen molar-refractivity contribution in [1.29, 1.82) is 0 Å². The molecule has 122 valence electrons. The van der Waals surface area contributed by atoms with Crippen LogP contribution in [0, 0.1) is 0 Å². The number of benzene rings is 1. The van der Waals surface area contributed by atoms with Gasteiger partial charge < -0.3 is 4.74 Å². The lowest BCUT2D eigenvalue weighted by atomic mass is 9.89. The van der Waals surface area contributed by atoms with Gasteiger partial charge in [-0.05, 0) is 19.1 Å². The Bertz CT molecular complexity index is 569. The number of rotatable bonds is 2. The summed E-state index contributed by atoms with van der Waals surface area (Å²) < 4.78 is 85.3. The van der Waals surface area contributed by atoms with Crippen LogP contribution in [0.25, 0.3) is 0 Å². The Kier molecular flexibility index (Phi) is 3.74. The first-order valence-corrected chi connectivity index (χ1v) is 6.05. The molecular weight excluding hydrogens is 316 g/mol. The van der Waals surface area contributed by atoms with Gasteiger partial charge in [0, 0.05) is 0 Å². The largest absolute Gasteiger partial charge is 0.495 e. The quantitative estimate of drug-likeness (QED) is 0.766. The third-order valence-corrected chi connectivity index (χ3v) is 3.43. The Hall–Kier alpha value is -2.00. The normalized spacial score (nSPS) is 21.3. The summed E-state index contributed by atoms with van der Waals surface area (Å²) in [6, 6.07) is 2.85. The molecule has 2 rings (SSSR count). The zero-order valence-electron chi connectivity index (χ0n) is 11.4. The maximum atomic E-state index is 13.4. The van der Waals surface area contributed by atoms with Crippen molar-refractivity contribution in [2.45, 2.75) is 30.9 Å². The molecule has 1 heterocycles. The highest BCUT2D eigenvalue weighted by Gasteiger charge is 2.79. The first-order valence-electron chi connectivity index (χ1n) is 6.05. The van der Waals surface area contributed by atoms with Crippen LogP contribution >= 0.6 is 0 Å². The lowest BCUT2D eigenvalue weighted by Gasteiger charge is -2.41. The Labute approximate surface area is 121 Å². The maximum Gasteiger partial charge on any atom is 0.424 e. The van der Waals surface area contributed by atoms with E-state index in [1.54, 1.807) is 0 Å². The molecule has 0 spiro atoms. The number of para-hydroxylation sites is 2. The molecule has 4 nitrogen and oxygen atoms in total. The molecule has 0 aromatic heterocycles. The SMILES string of the molecule is COc1ccccc1N1N=NC(C)C1(C(F)(F)F)C(F)(F)F. The molecule has 1 aromatic carbocycles. The van der Waals surface area contributed by atoms with E-state index in [2.05, 4.69) is 10.3 Å². The molecule has 10 heteroatoms. The molecule has 0 amide bonds. The van der Waals surface area contributed by atoms with Crippen molar-refractivity contribution in [2.24, 2.45) is 10.3 Å². The van der Waals surface area contributed by atoms with E-state index in [0.29, 0.717) is 0 Å². The molecule has 0 radical (unpaired) electrons. The number of methoxy groups -OCH3 is 1. The van der Waals surface area contributed by atoms with Crippen molar-refractivity contribution in [1.82, 2.24) is 0 Å². The number of ether oxygens (including phenoxy) is 1. The molecule has 0 N–H and O–H groups in total. The summed E-state index contributed by atoms with van der Waals surface area (Å²) in [6.07, 6.45) is -11.3. The average molecular weight is 327 g/mol. The van der Waals surface area contributed by atoms with Crippen LogP contribution in [0.15, 0.2) is 34.6 Å². The summed E-state index contributed by atoms with van der Waals surface area (Å²) in [4.78, 5) is 0. The first kappa shape index (κ1) is 16.4. The fourth-order valence-corrected chi connectivity index (χ4v) is 2.38. The van der Waals surface area contributed by atoms with Crippen molar-refractivity contribution in [3.8, 4) is 5.75 Å². The van der Waals surface area contributed by atoms with E-state index in [-0.39, 0.29) is 10.8 Å². The molecule has 0 saturated heterocycles. The van der Waals surface area contributed by atoms with E-state index in [1.165, 1.54) is 18.2 Å². The number of hydrogen-bond acceptors (Lipinski definition) is 4. The number of nitrogens with zero attached hydrogens (tertiary/aromatic N) is 3. The molecule has 1 aliphatic rings. The lowest BCUT2D eigenvalue weighted by molar-refractivity contribution is -0.297. The van der Waals surface area contributed by atoms with Crippen molar-refractivity contribution >= 4 is 5.69 Å². The predicted molar refractivity (Wildman–Crippen MR) is 64.6 cm³/mol. The maximum absolute atomic E-state index is 13.4. The van der Waals surface area contributed by atoms with Gasteiger partial charge in [0.15, 0.2) is 0 Å². The minimum atomic E-state index is -5.64. The zero-order chi connectivity index (χ0) is 16.8. The fraction of sp³-hybridized carbons (Fsp3) is 0.500. The van der Waals surface area contributed by atoms with Gasteiger partial charge in [-0.3, -0.25) is 0 Å². The Morgan fingerprint density at radius 3 is 2.14 bits per heavy atom. The number of halogens is 6. The first-order chi connectivity index (χ1) is 10.1. The number of alkyl halides is 6. The minimum Gasteiger partial charge on any atom is -0.495 e. The molecule has 0 fully saturated rings. The molecule has 0 saturated carbocycles. The molecule has 1 unspecified atom stereocenters. The predicted octanol–water partition coefficient (Wildman–Crippen LogP) is 4.13. The molecule has 0 aliphatic carbocycles. The van der Waals surface area contributed by atoms with Crippen LogP contribution in [0.5, 0.6) is 5.75 Å². The van der Waals surface area contributed by atoms with E-state index in [4.69, 9.17) is 4.74 Å². The Morgan fingerprint density at radius 2 is 1.64 bits per heavy atom. The average Bonchev–Trinajstić information content (AvgIpc) is 2.76. The molecule has 0 bridgehead atoms. The van der Waals surface area contributed by atoms with E-state index in [0.717, 1.165) is 20.1 Å². The molecule has 22 heavy (non-hydrogen) atoms. The summed E-state index contributed by atoms with van der Waals surface area (Å²) in [6.45, 7) is 0.722. The van der Waals surface area contributed by atoms with Crippen molar-refractivity contribution in [3.05, 3.63) is 24.3 Å². The Balaban J connectivity index is 2.71. The van der Waals surface area contributed by atoms with E-state index in [9.17, 15) is 26.3 Å². The van der Waals surface area contributed by atoms with Crippen LogP contribution in [0.1, 0.15) is 6.92 Å². The van der Waals surface area contributed by atoms with Gasteiger partial charge >= 0.3 is 12.4 Å². The van der Waals surface area contributed by atoms with Crippen LogP contribution in [0.3, 0.4) is 0 Å². The van der Waals surface area contributed by atoms with Gasteiger partial charge in [-0.2, -0.15) is 31.5 Å². The topological polar surface area (TPSA) is 37.2 Å². The molecular formula is C12H11F6N3O. The van der Waals surface area contributed by atoms with Crippen molar-refractivity contribution in [3.63, 3.8) is 0 Å². The lowest BCUT2D eigenvalue weighted by Crippen LogP contribution is -2.69. The zero-order valence-corrected chi connectivity index (χ0v) is 11.4. The summed E-state index contributed by atoms with van der Waals surface area (Å²) in [5.74, 6) is -0.173. The van der Waals surface area contributed by atoms with Crippen molar-refractivity contribution in [2.75, 3.05) is 12.1 Å². The highest BCUT2D eigenvalue weighted by atomic mass is 19.4. The Morgan fingerprint density at radius 1 is 1.09 bits per heavy atom. The monoisotopic (exact) mass is 327 g/mol. The number of anilines is 1. The van der Waals surface area contributed by atoms with E-state index in [1.807, 2.05) is 0 Å². The van der Waals surface area contributed by atoms with Crippen molar-refractivity contribution < 1.29 is 31.1 Å². The van der Waals surface area contributed by atoms with Gasteiger partial charge in [0.25, 0.3) is 5.54 Å². The standard InChI is InChI=1S/C12H11F6N3O/c1-7-10(11(13,14)15,12(16,17)18)21(20-19-7)8-5-3-4-6-9(8)22-2/h3-7H,1-2H3. The van der Waals surface area contributed by atoms with Gasteiger partial charge in [0.1, 0.15) is 17.5 Å². The van der Waals surface area contributed by atoms with Gasteiger partial charge in [0.2, 0.25) is 0 Å². The van der Waals surface area contributed by atoms with Crippen LogP contribution in [0.2, 0.25) is 0 Å².